The third kappa shape index (κ3) is 2.30. The first kappa shape index (κ1) is 10.7. The summed E-state index contributed by atoms with van der Waals surface area (Å²) in [5, 5.41) is 6.92. The fourth-order valence-electron chi connectivity index (χ4n) is 1.61. The SMILES string of the molecule is Clc1cc(Nc2ccc3c(c2)SCN3)ncn1. The maximum absolute atomic E-state index is 5.80. The molecule has 1 aliphatic rings. The van der Waals surface area contributed by atoms with Crippen molar-refractivity contribution in [3.63, 3.8) is 0 Å². The number of thioether (sulfide) groups is 1. The largest absolute Gasteiger partial charge is 0.375 e. The fourth-order valence-corrected chi connectivity index (χ4v) is 2.64. The van der Waals surface area contributed by atoms with Crippen LogP contribution in [0.4, 0.5) is 17.2 Å². The molecule has 2 N–H and O–H groups in total. The Morgan fingerprint density at radius 1 is 1.29 bits per heavy atom. The Morgan fingerprint density at radius 2 is 2.24 bits per heavy atom. The second-order valence-corrected chi connectivity index (χ2v) is 4.93. The van der Waals surface area contributed by atoms with Crippen LogP contribution in [0.3, 0.4) is 0 Å². The van der Waals surface area contributed by atoms with Gasteiger partial charge in [0.1, 0.15) is 17.3 Å². The molecular weight excluding hydrogens is 256 g/mol. The van der Waals surface area contributed by atoms with Crippen LogP contribution in [0.1, 0.15) is 0 Å². The topological polar surface area (TPSA) is 49.8 Å². The number of anilines is 3. The summed E-state index contributed by atoms with van der Waals surface area (Å²) >= 11 is 7.59. The summed E-state index contributed by atoms with van der Waals surface area (Å²) in [6.07, 6.45) is 1.44. The van der Waals surface area contributed by atoms with Crippen LogP contribution in [0.25, 0.3) is 0 Å². The number of fused-ring (bicyclic) bond motifs is 1. The minimum atomic E-state index is 0.430. The molecule has 1 aliphatic heterocycles. The minimum absolute atomic E-state index is 0.430. The van der Waals surface area contributed by atoms with E-state index in [1.54, 1.807) is 17.8 Å². The molecule has 2 heterocycles. The molecule has 4 nitrogen and oxygen atoms in total. The van der Waals surface area contributed by atoms with Gasteiger partial charge in [-0.15, -0.1) is 11.8 Å². The molecule has 0 amide bonds. The zero-order valence-electron chi connectivity index (χ0n) is 8.77. The van der Waals surface area contributed by atoms with Gasteiger partial charge in [-0.3, -0.25) is 0 Å². The van der Waals surface area contributed by atoms with E-state index in [1.807, 2.05) is 6.07 Å². The van der Waals surface area contributed by atoms with Crippen molar-refractivity contribution < 1.29 is 0 Å². The average molecular weight is 265 g/mol. The van der Waals surface area contributed by atoms with Crippen molar-refractivity contribution in [2.24, 2.45) is 0 Å². The van der Waals surface area contributed by atoms with Crippen molar-refractivity contribution in [2.75, 3.05) is 16.5 Å². The molecule has 17 heavy (non-hydrogen) atoms. The summed E-state index contributed by atoms with van der Waals surface area (Å²) in [5.41, 5.74) is 2.18. The number of nitrogens with one attached hydrogen (secondary N) is 2. The average Bonchev–Trinajstić information content (AvgIpc) is 2.76. The van der Waals surface area contributed by atoms with Crippen LogP contribution in [0.5, 0.6) is 0 Å². The number of aromatic nitrogens is 2. The highest BCUT2D eigenvalue weighted by atomic mass is 35.5. The highest BCUT2D eigenvalue weighted by Crippen LogP contribution is 2.35. The molecule has 3 rings (SSSR count). The Kier molecular flexibility index (Phi) is 2.78. The molecule has 0 saturated heterocycles. The zero-order valence-corrected chi connectivity index (χ0v) is 10.3. The number of nitrogens with zero attached hydrogens (tertiary/aromatic N) is 2. The van der Waals surface area contributed by atoms with Gasteiger partial charge in [0.2, 0.25) is 0 Å². The number of rotatable bonds is 2. The molecule has 0 bridgehead atoms. The summed E-state index contributed by atoms with van der Waals surface area (Å²) in [7, 11) is 0. The Balaban J connectivity index is 1.86. The number of benzene rings is 1. The van der Waals surface area contributed by atoms with E-state index < -0.39 is 0 Å². The van der Waals surface area contributed by atoms with Crippen LogP contribution in [0, 0.1) is 0 Å². The molecular formula is C11H9ClN4S. The first-order chi connectivity index (χ1) is 8.31. The van der Waals surface area contributed by atoms with Gasteiger partial charge in [0.05, 0.1) is 5.88 Å². The van der Waals surface area contributed by atoms with Crippen molar-refractivity contribution in [2.45, 2.75) is 4.90 Å². The first-order valence-corrected chi connectivity index (χ1v) is 6.43. The van der Waals surface area contributed by atoms with Crippen LogP contribution in [-0.2, 0) is 0 Å². The van der Waals surface area contributed by atoms with Crippen LogP contribution in [-0.4, -0.2) is 15.8 Å². The van der Waals surface area contributed by atoms with Crippen molar-refractivity contribution in [1.29, 1.82) is 0 Å². The molecule has 0 atom stereocenters. The smallest absolute Gasteiger partial charge is 0.135 e. The Bertz CT molecular complexity index is 561. The van der Waals surface area contributed by atoms with Gasteiger partial charge < -0.3 is 10.6 Å². The van der Waals surface area contributed by atoms with Gasteiger partial charge in [-0.05, 0) is 18.2 Å². The van der Waals surface area contributed by atoms with Crippen LogP contribution < -0.4 is 10.6 Å². The van der Waals surface area contributed by atoms with E-state index in [1.165, 1.54) is 16.9 Å². The molecule has 0 aliphatic carbocycles. The molecule has 1 aromatic heterocycles. The third-order valence-electron chi connectivity index (χ3n) is 2.38. The molecule has 86 valence electrons. The normalized spacial score (nSPS) is 13.0. The van der Waals surface area contributed by atoms with E-state index in [9.17, 15) is 0 Å². The summed E-state index contributed by atoms with van der Waals surface area (Å²) in [4.78, 5) is 9.18. The van der Waals surface area contributed by atoms with Gasteiger partial charge in [0, 0.05) is 22.3 Å². The minimum Gasteiger partial charge on any atom is -0.375 e. The Hall–Kier alpha value is -1.46. The Labute approximate surface area is 108 Å². The van der Waals surface area contributed by atoms with Gasteiger partial charge in [-0.25, -0.2) is 9.97 Å². The molecule has 6 heteroatoms. The Morgan fingerprint density at radius 3 is 3.12 bits per heavy atom. The predicted octanol–water partition coefficient (Wildman–Crippen LogP) is 3.35. The number of hydrogen-bond donors (Lipinski definition) is 2. The lowest BCUT2D eigenvalue weighted by molar-refractivity contribution is 1.17. The summed E-state index contributed by atoms with van der Waals surface area (Å²) in [6.45, 7) is 0. The quantitative estimate of drug-likeness (QED) is 0.815. The molecule has 1 aromatic carbocycles. The summed E-state index contributed by atoms with van der Waals surface area (Å²) in [6, 6.07) is 7.85. The lowest BCUT2D eigenvalue weighted by atomic mass is 10.3. The number of hydrogen-bond acceptors (Lipinski definition) is 5. The van der Waals surface area contributed by atoms with Gasteiger partial charge in [-0.1, -0.05) is 11.6 Å². The first-order valence-electron chi connectivity index (χ1n) is 5.06. The molecule has 0 radical (unpaired) electrons. The second-order valence-electron chi connectivity index (χ2n) is 3.53. The highest BCUT2D eigenvalue weighted by Gasteiger charge is 2.10. The van der Waals surface area contributed by atoms with Gasteiger partial charge >= 0.3 is 0 Å². The van der Waals surface area contributed by atoms with E-state index in [2.05, 4.69) is 32.7 Å². The van der Waals surface area contributed by atoms with Gasteiger partial charge in [0.25, 0.3) is 0 Å². The van der Waals surface area contributed by atoms with E-state index in [0.717, 1.165) is 11.6 Å². The van der Waals surface area contributed by atoms with Crippen LogP contribution in [0.2, 0.25) is 5.15 Å². The van der Waals surface area contributed by atoms with Crippen molar-refractivity contribution >= 4 is 40.6 Å². The predicted molar refractivity (Wildman–Crippen MR) is 71.1 cm³/mol. The fraction of sp³-hybridized carbons (Fsp3) is 0.0909. The monoisotopic (exact) mass is 264 g/mol. The van der Waals surface area contributed by atoms with E-state index in [4.69, 9.17) is 11.6 Å². The number of halogens is 1. The maximum atomic E-state index is 5.80. The molecule has 0 unspecified atom stereocenters. The second kappa shape index (κ2) is 4.43. The van der Waals surface area contributed by atoms with Gasteiger partial charge in [-0.2, -0.15) is 0 Å². The zero-order chi connectivity index (χ0) is 11.7. The van der Waals surface area contributed by atoms with Crippen LogP contribution in [0.15, 0.2) is 35.5 Å². The summed E-state index contributed by atoms with van der Waals surface area (Å²) in [5.74, 6) is 1.62. The lowest BCUT2D eigenvalue weighted by Crippen LogP contribution is -1.94. The van der Waals surface area contributed by atoms with Crippen molar-refractivity contribution in [3.05, 3.63) is 35.7 Å². The van der Waals surface area contributed by atoms with E-state index in [-0.39, 0.29) is 0 Å². The van der Waals surface area contributed by atoms with Crippen LogP contribution >= 0.6 is 23.4 Å². The molecule has 2 aromatic rings. The summed E-state index contributed by atoms with van der Waals surface area (Å²) < 4.78 is 0. The van der Waals surface area contributed by atoms with E-state index >= 15 is 0 Å². The molecule has 0 spiro atoms. The van der Waals surface area contributed by atoms with E-state index in [0.29, 0.717) is 11.0 Å². The van der Waals surface area contributed by atoms with Crippen molar-refractivity contribution in [1.82, 2.24) is 9.97 Å². The maximum Gasteiger partial charge on any atom is 0.135 e. The lowest BCUT2D eigenvalue weighted by Gasteiger charge is -2.06. The highest BCUT2D eigenvalue weighted by molar-refractivity contribution is 7.99. The van der Waals surface area contributed by atoms with Crippen molar-refractivity contribution in [3.8, 4) is 0 Å². The van der Waals surface area contributed by atoms with Gasteiger partial charge in [0.15, 0.2) is 0 Å². The molecule has 0 fully saturated rings. The standard InChI is InChI=1S/C11H9ClN4S/c12-10-4-11(14-5-13-10)16-7-1-2-8-9(3-7)17-6-15-8/h1-5,15H,6H2,(H,13,14,16). The third-order valence-corrected chi connectivity index (χ3v) is 3.52. The molecule has 0 saturated carbocycles.